The molecule has 1 aromatic rings. The summed E-state index contributed by atoms with van der Waals surface area (Å²) in [6.07, 6.45) is 9.86. The van der Waals surface area contributed by atoms with Crippen molar-refractivity contribution in [3.8, 4) is 0 Å². The second kappa shape index (κ2) is 8.96. The molecule has 88 valence electrons. The maximum absolute atomic E-state index is 2.21. The molecule has 1 aliphatic rings. The van der Waals surface area contributed by atoms with Gasteiger partial charge in [0.25, 0.3) is 0 Å². The molecule has 0 heterocycles. The van der Waals surface area contributed by atoms with Crippen LogP contribution in [0.5, 0.6) is 0 Å². The first-order chi connectivity index (χ1) is 7.88. The van der Waals surface area contributed by atoms with Crippen molar-refractivity contribution in [2.45, 2.75) is 41.0 Å². The molecule has 0 atom stereocenters. The van der Waals surface area contributed by atoms with Crippen LogP contribution in [0, 0.1) is 6.92 Å². The Hall–Kier alpha value is -1.30. The van der Waals surface area contributed by atoms with Gasteiger partial charge in [-0.25, -0.2) is 0 Å². The summed E-state index contributed by atoms with van der Waals surface area (Å²) < 4.78 is 0. The molecule has 0 amide bonds. The van der Waals surface area contributed by atoms with Gasteiger partial charge >= 0.3 is 0 Å². The van der Waals surface area contributed by atoms with Crippen molar-refractivity contribution in [1.29, 1.82) is 0 Å². The first-order valence-electron chi connectivity index (χ1n) is 6.30. The Morgan fingerprint density at radius 1 is 0.875 bits per heavy atom. The minimum absolute atomic E-state index is 1.05. The summed E-state index contributed by atoms with van der Waals surface area (Å²) in [6, 6.07) is 6.43. The van der Waals surface area contributed by atoms with E-state index in [1.54, 1.807) is 0 Å². The summed E-state index contributed by atoms with van der Waals surface area (Å²) in [5.74, 6) is 0. The van der Waals surface area contributed by atoms with Crippen LogP contribution in [0.15, 0.2) is 30.4 Å². The zero-order chi connectivity index (χ0) is 12.4. The lowest BCUT2D eigenvalue weighted by Gasteiger charge is -2.03. The molecule has 0 saturated heterocycles. The molecule has 1 aliphatic carbocycles. The molecular weight excluding hydrogens is 192 g/mol. The van der Waals surface area contributed by atoms with Crippen LogP contribution in [0.3, 0.4) is 0 Å². The van der Waals surface area contributed by atoms with Crippen LogP contribution in [-0.2, 0) is 0 Å². The Kier molecular flexibility index (Phi) is 8.24. The summed E-state index contributed by atoms with van der Waals surface area (Å²) >= 11 is 0. The maximum atomic E-state index is 2.21. The highest BCUT2D eigenvalue weighted by molar-refractivity contribution is 5.69. The molecular formula is C16H24. The van der Waals surface area contributed by atoms with E-state index in [0.717, 1.165) is 6.42 Å². The molecule has 0 fully saturated rings. The Morgan fingerprint density at radius 3 is 2.19 bits per heavy atom. The number of allylic oxidation sites excluding steroid dienone is 2. The molecule has 0 N–H and O–H groups in total. The van der Waals surface area contributed by atoms with Crippen LogP contribution >= 0.6 is 0 Å². The van der Waals surface area contributed by atoms with Gasteiger partial charge in [0.1, 0.15) is 0 Å². The fourth-order valence-corrected chi connectivity index (χ4v) is 1.54. The number of benzene rings is 1. The third kappa shape index (κ3) is 4.06. The number of rotatable bonds is 0. The van der Waals surface area contributed by atoms with Crippen LogP contribution in [0.2, 0.25) is 0 Å². The normalized spacial score (nSPS) is 11.3. The van der Waals surface area contributed by atoms with Crippen LogP contribution in [0.1, 0.15) is 50.8 Å². The highest BCUT2D eigenvalue weighted by atomic mass is 14.0. The Morgan fingerprint density at radius 2 is 1.50 bits per heavy atom. The second-order valence-corrected chi connectivity index (χ2v) is 3.12. The minimum Gasteiger partial charge on any atom is -0.0801 e. The Bertz CT molecular complexity index is 343. The number of fused-ring (bicyclic) bond motifs is 1. The van der Waals surface area contributed by atoms with E-state index in [9.17, 15) is 0 Å². The predicted molar refractivity (Wildman–Crippen MR) is 76.6 cm³/mol. The molecule has 0 radical (unpaired) electrons. The molecule has 0 spiro atoms. The van der Waals surface area contributed by atoms with Gasteiger partial charge in [-0.3, -0.25) is 0 Å². The third-order valence-corrected chi connectivity index (χ3v) is 2.21. The minimum atomic E-state index is 1.05. The highest BCUT2D eigenvalue weighted by Crippen LogP contribution is 2.20. The van der Waals surface area contributed by atoms with Crippen LogP contribution in [-0.4, -0.2) is 0 Å². The van der Waals surface area contributed by atoms with E-state index in [2.05, 4.69) is 49.4 Å². The lowest BCUT2D eigenvalue weighted by Crippen LogP contribution is -1.83. The number of hydrogen-bond acceptors (Lipinski definition) is 0. The van der Waals surface area contributed by atoms with E-state index < -0.39 is 0 Å². The van der Waals surface area contributed by atoms with Crippen molar-refractivity contribution >= 4 is 12.2 Å². The lowest BCUT2D eigenvalue weighted by molar-refractivity contribution is 1.42. The largest absolute Gasteiger partial charge is 0.0801 e. The SMILES string of the molecule is CC.CC.Cc1cccc2c1C=CCC=C2. The summed E-state index contributed by atoms with van der Waals surface area (Å²) in [6.45, 7) is 10.2. The molecule has 0 bridgehead atoms. The van der Waals surface area contributed by atoms with Gasteiger partial charge in [-0.05, 0) is 30.0 Å². The molecule has 0 aliphatic heterocycles. The van der Waals surface area contributed by atoms with Gasteiger partial charge in [0, 0.05) is 0 Å². The van der Waals surface area contributed by atoms with Crippen molar-refractivity contribution in [2.24, 2.45) is 0 Å². The third-order valence-electron chi connectivity index (χ3n) is 2.21. The van der Waals surface area contributed by atoms with E-state index in [-0.39, 0.29) is 0 Å². The van der Waals surface area contributed by atoms with Gasteiger partial charge in [-0.15, -0.1) is 0 Å². The van der Waals surface area contributed by atoms with Crippen molar-refractivity contribution in [3.05, 3.63) is 47.0 Å². The van der Waals surface area contributed by atoms with Gasteiger partial charge in [-0.2, -0.15) is 0 Å². The van der Waals surface area contributed by atoms with Crippen molar-refractivity contribution in [1.82, 2.24) is 0 Å². The van der Waals surface area contributed by atoms with Crippen LogP contribution in [0.4, 0.5) is 0 Å². The summed E-state index contributed by atoms with van der Waals surface area (Å²) in [7, 11) is 0. The van der Waals surface area contributed by atoms with E-state index >= 15 is 0 Å². The molecule has 2 rings (SSSR count). The maximum Gasteiger partial charge on any atom is -0.0158 e. The van der Waals surface area contributed by atoms with Gasteiger partial charge < -0.3 is 0 Å². The molecule has 0 unspecified atom stereocenters. The average molecular weight is 216 g/mol. The monoisotopic (exact) mass is 216 g/mol. The van der Waals surface area contributed by atoms with Gasteiger partial charge in [0.2, 0.25) is 0 Å². The zero-order valence-electron chi connectivity index (χ0n) is 11.2. The van der Waals surface area contributed by atoms with Crippen molar-refractivity contribution in [3.63, 3.8) is 0 Å². The molecule has 0 saturated carbocycles. The summed E-state index contributed by atoms with van der Waals surface area (Å²) in [5.41, 5.74) is 4.06. The van der Waals surface area contributed by atoms with Crippen LogP contribution in [0.25, 0.3) is 12.2 Å². The molecule has 0 nitrogen and oxygen atoms in total. The first-order valence-corrected chi connectivity index (χ1v) is 6.30. The summed E-state index contributed by atoms with van der Waals surface area (Å²) in [4.78, 5) is 0. The van der Waals surface area contributed by atoms with E-state index in [1.807, 2.05) is 27.7 Å². The van der Waals surface area contributed by atoms with E-state index in [1.165, 1.54) is 16.7 Å². The first kappa shape index (κ1) is 14.7. The predicted octanol–water partition coefficient (Wildman–Crippen LogP) is 5.48. The van der Waals surface area contributed by atoms with Crippen molar-refractivity contribution < 1.29 is 0 Å². The van der Waals surface area contributed by atoms with Gasteiger partial charge in [-0.1, -0.05) is 70.2 Å². The quantitative estimate of drug-likeness (QED) is 0.539. The topological polar surface area (TPSA) is 0 Å². The number of aryl methyl sites for hydroxylation is 1. The van der Waals surface area contributed by atoms with E-state index in [0.29, 0.717) is 0 Å². The molecule has 1 aromatic carbocycles. The Balaban J connectivity index is 0.000000509. The van der Waals surface area contributed by atoms with Gasteiger partial charge in [0.05, 0.1) is 0 Å². The average Bonchev–Trinajstić information content (AvgIpc) is 2.60. The second-order valence-electron chi connectivity index (χ2n) is 3.12. The zero-order valence-corrected chi connectivity index (χ0v) is 11.2. The molecule has 16 heavy (non-hydrogen) atoms. The summed E-state index contributed by atoms with van der Waals surface area (Å²) in [5, 5.41) is 0. The van der Waals surface area contributed by atoms with Crippen molar-refractivity contribution in [2.75, 3.05) is 0 Å². The fourth-order valence-electron chi connectivity index (χ4n) is 1.54. The van der Waals surface area contributed by atoms with Crippen LogP contribution < -0.4 is 0 Å². The molecule has 0 aromatic heterocycles. The van der Waals surface area contributed by atoms with E-state index in [4.69, 9.17) is 0 Å². The fraction of sp³-hybridized carbons (Fsp3) is 0.375. The smallest absolute Gasteiger partial charge is 0.0158 e. The standard InChI is InChI=1S/C12H12.2C2H6/c1-10-6-5-8-11-7-3-2-4-9-12(10)11;2*1-2/h3-9H,2H2,1H3;2*1-2H3. The van der Waals surface area contributed by atoms with Gasteiger partial charge in [0.15, 0.2) is 0 Å². The number of hydrogen-bond donors (Lipinski definition) is 0. The molecule has 0 heteroatoms. The lowest BCUT2D eigenvalue weighted by atomic mass is 10.0. The Labute approximate surface area is 101 Å². The highest BCUT2D eigenvalue weighted by Gasteiger charge is 2.00.